The highest BCUT2D eigenvalue weighted by molar-refractivity contribution is 7.89. The van der Waals surface area contributed by atoms with Crippen LogP contribution in [0.4, 0.5) is 13.2 Å². The number of carbonyl (C=O) groups is 1. The molecule has 0 bridgehead atoms. The first kappa shape index (κ1) is 20.7. The maximum absolute atomic E-state index is 12.4. The summed E-state index contributed by atoms with van der Waals surface area (Å²) in [6.07, 6.45) is -5.20. The highest BCUT2D eigenvalue weighted by Crippen LogP contribution is 2.24. The van der Waals surface area contributed by atoms with Crippen molar-refractivity contribution in [2.75, 3.05) is 0 Å². The van der Waals surface area contributed by atoms with E-state index < -0.39 is 40.6 Å². The summed E-state index contributed by atoms with van der Waals surface area (Å²) in [5.74, 6) is -1.75. The first-order valence-electron chi connectivity index (χ1n) is 7.69. The fourth-order valence-electron chi connectivity index (χ4n) is 2.37. The Morgan fingerprint density at radius 2 is 1.67 bits per heavy atom. The van der Waals surface area contributed by atoms with Crippen LogP contribution in [0.25, 0.3) is 0 Å². The number of hydrogen-bond donors (Lipinski definition) is 2. The van der Waals surface area contributed by atoms with Gasteiger partial charge in [-0.1, -0.05) is 30.3 Å². The van der Waals surface area contributed by atoms with E-state index in [1.54, 1.807) is 30.3 Å². The molecule has 0 aliphatic carbocycles. The number of aliphatic carboxylic acids is 1. The van der Waals surface area contributed by atoms with Gasteiger partial charge in [-0.3, -0.25) is 4.79 Å². The number of carboxylic acids is 1. The van der Waals surface area contributed by atoms with E-state index in [-0.39, 0.29) is 11.3 Å². The van der Waals surface area contributed by atoms with E-state index in [1.807, 2.05) is 0 Å². The Bertz CT molecular complexity index is 868. The standard InChI is InChI=1S/C17H16F3NO5S/c18-17(19,20)26-14-6-8-15(9-7-14)27(24,25)21-13(11-16(22)23)10-12-4-2-1-3-5-12/h1-9,13,21H,10-11H2,(H,22,23). The Hall–Kier alpha value is -2.59. The van der Waals surface area contributed by atoms with E-state index >= 15 is 0 Å². The molecule has 2 N–H and O–H groups in total. The molecular weight excluding hydrogens is 387 g/mol. The van der Waals surface area contributed by atoms with Crippen LogP contribution in [-0.2, 0) is 21.2 Å². The van der Waals surface area contributed by atoms with Gasteiger partial charge in [0.15, 0.2) is 0 Å². The number of carboxylic acid groups (broad SMARTS) is 1. The second-order valence-electron chi connectivity index (χ2n) is 5.63. The summed E-state index contributed by atoms with van der Waals surface area (Å²) in [6.45, 7) is 0. The number of rotatable bonds is 8. The van der Waals surface area contributed by atoms with Gasteiger partial charge in [0.25, 0.3) is 0 Å². The SMILES string of the molecule is O=C(O)CC(Cc1ccccc1)NS(=O)(=O)c1ccc(OC(F)(F)F)cc1. The molecule has 0 amide bonds. The van der Waals surface area contributed by atoms with Gasteiger partial charge in [0, 0.05) is 6.04 Å². The second-order valence-corrected chi connectivity index (χ2v) is 7.34. The molecule has 146 valence electrons. The topological polar surface area (TPSA) is 92.7 Å². The van der Waals surface area contributed by atoms with Crippen LogP contribution in [0.15, 0.2) is 59.5 Å². The van der Waals surface area contributed by atoms with Crippen LogP contribution in [0.5, 0.6) is 5.75 Å². The average molecular weight is 403 g/mol. The van der Waals surface area contributed by atoms with Crippen LogP contribution in [0.3, 0.4) is 0 Å². The van der Waals surface area contributed by atoms with Crippen molar-refractivity contribution in [2.45, 2.75) is 30.1 Å². The molecule has 10 heteroatoms. The molecule has 2 rings (SSSR count). The third-order valence-corrected chi connectivity index (χ3v) is 4.97. The Labute approximate surface area is 153 Å². The molecule has 0 heterocycles. The molecule has 0 saturated heterocycles. The van der Waals surface area contributed by atoms with Crippen LogP contribution < -0.4 is 9.46 Å². The van der Waals surface area contributed by atoms with Crippen LogP contribution in [0.2, 0.25) is 0 Å². The Morgan fingerprint density at radius 1 is 1.07 bits per heavy atom. The molecule has 0 spiro atoms. The van der Waals surface area contributed by atoms with Gasteiger partial charge in [0.2, 0.25) is 10.0 Å². The minimum Gasteiger partial charge on any atom is -0.481 e. The van der Waals surface area contributed by atoms with Gasteiger partial charge < -0.3 is 9.84 Å². The summed E-state index contributed by atoms with van der Waals surface area (Å²) in [7, 11) is -4.14. The van der Waals surface area contributed by atoms with Crippen molar-refractivity contribution >= 4 is 16.0 Å². The van der Waals surface area contributed by atoms with Crippen LogP contribution in [0, 0.1) is 0 Å². The summed E-state index contributed by atoms with van der Waals surface area (Å²) < 4.78 is 67.4. The third-order valence-electron chi connectivity index (χ3n) is 3.44. The highest BCUT2D eigenvalue weighted by atomic mass is 32.2. The smallest absolute Gasteiger partial charge is 0.481 e. The zero-order valence-electron chi connectivity index (χ0n) is 13.8. The minimum atomic E-state index is -4.89. The largest absolute Gasteiger partial charge is 0.573 e. The molecule has 2 aromatic carbocycles. The number of hydrogen-bond acceptors (Lipinski definition) is 4. The summed E-state index contributed by atoms with van der Waals surface area (Å²) in [4.78, 5) is 10.7. The molecule has 0 aromatic heterocycles. The van der Waals surface area contributed by atoms with Crippen molar-refractivity contribution in [1.29, 1.82) is 0 Å². The van der Waals surface area contributed by atoms with Gasteiger partial charge >= 0.3 is 12.3 Å². The van der Waals surface area contributed by atoms with Gasteiger partial charge in [0.1, 0.15) is 5.75 Å². The van der Waals surface area contributed by atoms with Crippen molar-refractivity contribution in [3.63, 3.8) is 0 Å². The maximum Gasteiger partial charge on any atom is 0.573 e. The average Bonchev–Trinajstić information content (AvgIpc) is 2.53. The number of nitrogens with one attached hydrogen (secondary N) is 1. The lowest BCUT2D eigenvalue weighted by Gasteiger charge is -2.17. The molecule has 27 heavy (non-hydrogen) atoms. The normalized spacial score (nSPS) is 13.1. The van der Waals surface area contributed by atoms with E-state index in [2.05, 4.69) is 9.46 Å². The summed E-state index contributed by atoms with van der Waals surface area (Å²) in [5.41, 5.74) is 0.736. The molecule has 2 aromatic rings. The highest BCUT2D eigenvalue weighted by Gasteiger charge is 2.31. The molecule has 0 saturated carbocycles. The van der Waals surface area contributed by atoms with Crippen LogP contribution in [-0.4, -0.2) is 31.9 Å². The zero-order valence-corrected chi connectivity index (χ0v) is 14.6. The number of sulfonamides is 1. The van der Waals surface area contributed by atoms with Crippen molar-refractivity contribution < 1.29 is 36.2 Å². The van der Waals surface area contributed by atoms with E-state index in [0.29, 0.717) is 0 Å². The first-order valence-corrected chi connectivity index (χ1v) is 9.17. The molecule has 1 atom stereocenters. The van der Waals surface area contributed by atoms with E-state index in [4.69, 9.17) is 5.11 Å². The van der Waals surface area contributed by atoms with Crippen LogP contribution >= 0.6 is 0 Å². The molecular formula is C17H16F3NO5S. The van der Waals surface area contributed by atoms with E-state index in [0.717, 1.165) is 29.8 Å². The molecule has 0 fully saturated rings. The summed E-state index contributed by atoms with van der Waals surface area (Å²) >= 11 is 0. The number of halogens is 3. The Morgan fingerprint density at radius 3 is 2.19 bits per heavy atom. The second kappa shape index (κ2) is 8.40. The van der Waals surface area contributed by atoms with Crippen molar-refractivity contribution in [1.82, 2.24) is 4.72 Å². The fourth-order valence-corrected chi connectivity index (χ4v) is 3.61. The lowest BCUT2D eigenvalue weighted by molar-refractivity contribution is -0.274. The zero-order chi connectivity index (χ0) is 20.1. The number of alkyl halides is 3. The van der Waals surface area contributed by atoms with Gasteiger partial charge in [-0.2, -0.15) is 0 Å². The van der Waals surface area contributed by atoms with E-state index in [1.165, 1.54) is 0 Å². The Kier molecular flexibility index (Phi) is 6.45. The van der Waals surface area contributed by atoms with Gasteiger partial charge in [-0.15, -0.1) is 13.2 Å². The van der Waals surface area contributed by atoms with Crippen molar-refractivity contribution in [3.8, 4) is 5.75 Å². The molecule has 0 radical (unpaired) electrons. The van der Waals surface area contributed by atoms with Gasteiger partial charge in [-0.05, 0) is 36.2 Å². The lowest BCUT2D eigenvalue weighted by Crippen LogP contribution is -2.38. The first-order chi connectivity index (χ1) is 12.5. The van der Waals surface area contributed by atoms with Gasteiger partial charge in [-0.25, -0.2) is 13.1 Å². The van der Waals surface area contributed by atoms with Crippen molar-refractivity contribution in [3.05, 3.63) is 60.2 Å². The molecule has 6 nitrogen and oxygen atoms in total. The molecule has 1 unspecified atom stereocenters. The predicted octanol–water partition coefficient (Wildman–Crippen LogP) is 2.95. The maximum atomic E-state index is 12.4. The quantitative estimate of drug-likeness (QED) is 0.707. The minimum absolute atomic E-state index is 0.141. The molecule has 0 aliphatic heterocycles. The third kappa shape index (κ3) is 6.91. The van der Waals surface area contributed by atoms with E-state index in [9.17, 15) is 26.4 Å². The monoisotopic (exact) mass is 403 g/mol. The Balaban J connectivity index is 2.16. The summed E-state index contributed by atoms with van der Waals surface area (Å²) in [6, 6.07) is 11.4. The van der Waals surface area contributed by atoms with Gasteiger partial charge in [0.05, 0.1) is 11.3 Å². The molecule has 0 aliphatic rings. The predicted molar refractivity (Wildman–Crippen MR) is 89.6 cm³/mol. The summed E-state index contributed by atoms with van der Waals surface area (Å²) in [5, 5.41) is 9.02. The van der Waals surface area contributed by atoms with Crippen molar-refractivity contribution in [2.24, 2.45) is 0 Å². The lowest BCUT2D eigenvalue weighted by atomic mass is 10.0. The fraction of sp³-hybridized carbons (Fsp3) is 0.235. The number of benzene rings is 2. The van der Waals surface area contributed by atoms with Crippen LogP contribution in [0.1, 0.15) is 12.0 Å². The number of ether oxygens (including phenoxy) is 1.